The van der Waals surface area contributed by atoms with Crippen LogP contribution in [0.4, 0.5) is 10.7 Å². The SMILES string of the molecule is CC(=O)c1sc(N2CCCC2)c(C2CC2)c1N. The Morgan fingerprint density at radius 2 is 2.00 bits per heavy atom. The molecule has 2 aliphatic rings. The molecule has 1 aromatic heterocycles. The van der Waals surface area contributed by atoms with Crippen molar-refractivity contribution in [3.63, 3.8) is 0 Å². The van der Waals surface area contributed by atoms with Gasteiger partial charge in [0.1, 0.15) is 0 Å². The van der Waals surface area contributed by atoms with Crippen molar-refractivity contribution in [1.29, 1.82) is 0 Å². The number of nitrogens with two attached hydrogens (primary N) is 1. The van der Waals surface area contributed by atoms with Gasteiger partial charge >= 0.3 is 0 Å². The highest BCUT2D eigenvalue weighted by Crippen LogP contribution is 2.52. The molecule has 3 rings (SSSR count). The van der Waals surface area contributed by atoms with Crippen molar-refractivity contribution >= 4 is 27.8 Å². The van der Waals surface area contributed by atoms with Crippen molar-refractivity contribution in [2.24, 2.45) is 0 Å². The fourth-order valence-electron chi connectivity index (χ4n) is 2.63. The van der Waals surface area contributed by atoms with Gasteiger partial charge in [-0.15, -0.1) is 11.3 Å². The molecule has 0 atom stereocenters. The smallest absolute Gasteiger partial charge is 0.171 e. The van der Waals surface area contributed by atoms with E-state index in [4.69, 9.17) is 5.73 Å². The zero-order valence-corrected chi connectivity index (χ0v) is 11.0. The second-order valence-electron chi connectivity index (χ2n) is 5.09. The maximum Gasteiger partial charge on any atom is 0.171 e. The Bertz CT molecular complexity index is 456. The third-order valence-corrected chi connectivity index (χ3v) is 5.05. The lowest BCUT2D eigenvalue weighted by molar-refractivity contribution is 0.102. The molecule has 92 valence electrons. The Labute approximate surface area is 106 Å². The molecule has 1 aliphatic heterocycles. The predicted molar refractivity (Wildman–Crippen MR) is 72.2 cm³/mol. The maximum absolute atomic E-state index is 11.6. The number of rotatable bonds is 3. The summed E-state index contributed by atoms with van der Waals surface area (Å²) in [4.78, 5) is 14.8. The zero-order chi connectivity index (χ0) is 12.0. The first-order valence-electron chi connectivity index (χ1n) is 6.36. The number of thiophene rings is 1. The summed E-state index contributed by atoms with van der Waals surface area (Å²) in [7, 11) is 0. The number of carbonyl (C=O) groups excluding carboxylic acids is 1. The molecule has 2 N–H and O–H groups in total. The van der Waals surface area contributed by atoms with Crippen LogP contribution in [0.25, 0.3) is 0 Å². The van der Waals surface area contributed by atoms with Gasteiger partial charge in [0.25, 0.3) is 0 Å². The van der Waals surface area contributed by atoms with E-state index in [0.29, 0.717) is 5.92 Å². The van der Waals surface area contributed by atoms with Gasteiger partial charge in [-0.3, -0.25) is 4.79 Å². The number of nitrogens with zero attached hydrogens (tertiary/aromatic N) is 1. The summed E-state index contributed by atoms with van der Waals surface area (Å²) < 4.78 is 0. The number of nitrogen functional groups attached to an aromatic ring is 1. The molecule has 1 aliphatic carbocycles. The van der Waals surface area contributed by atoms with Crippen LogP contribution in [0.15, 0.2) is 0 Å². The van der Waals surface area contributed by atoms with Gasteiger partial charge in [0, 0.05) is 25.6 Å². The minimum Gasteiger partial charge on any atom is -0.397 e. The summed E-state index contributed by atoms with van der Waals surface area (Å²) in [5, 5.41) is 1.28. The predicted octanol–water partition coefficient (Wildman–Crippen LogP) is 3.01. The van der Waals surface area contributed by atoms with Crippen LogP contribution in [-0.2, 0) is 0 Å². The highest BCUT2D eigenvalue weighted by atomic mass is 32.1. The van der Waals surface area contributed by atoms with Crippen LogP contribution < -0.4 is 10.6 Å². The molecule has 0 spiro atoms. The Balaban J connectivity index is 2.05. The van der Waals surface area contributed by atoms with E-state index < -0.39 is 0 Å². The number of hydrogen-bond acceptors (Lipinski definition) is 4. The second-order valence-corrected chi connectivity index (χ2v) is 6.09. The molecular weight excluding hydrogens is 232 g/mol. The number of carbonyl (C=O) groups is 1. The molecule has 0 radical (unpaired) electrons. The number of anilines is 2. The van der Waals surface area contributed by atoms with Crippen molar-refractivity contribution in [1.82, 2.24) is 0 Å². The summed E-state index contributed by atoms with van der Waals surface area (Å²) in [5.41, 5.74) is 8.23. The van der Waals surface area contributed by atoms with E-state index in [-0.39, 0.29) is 5.78 Å². The van der Waals surface area contributed by atoms with E-state index in [1.807, 2.05) is 0 Å². The van der Waals surface area contributed by atoms with Gasteiger partial charge in [-0.1, -0.05) is 0 Å². The lowest BCUT2D eigenvalue weighted by Gasteiger charge is -2.17. The van der Waals surface area contributed by atoms with Gasteiger partial charge in [-0.05, 0) is 31.6 Å². The van der Waals surface area contributed by atoms with E-state index in [1.165, 1.54) is 36.2 Å². The first kappa shape index (κ1) is 11.1. The van der Waals surface area contributed by atoms with Crippen molar-refractivity contribution in [2.45, 2.75) is 38.5 Å². The third kappa shape index (κ3) is 1.84. The molecule has 4 heteroatoms. The highest BCUT2D eigenvalue weighted by molar-refractivity contribution is 7.18. The summed E-state index contributed by atoms with van der Waals surface area (Å²) in [6.07, 6.45) is 4.99. The average molecular weight is 250 g/mol. The van der Waals surface area contributed by atoms with Gasteiger partial charge in [-0.2, -0.15) is 0 Å². The van der Waals surface area contributed by atoms with Crippen molar-refractivity contribution < 1.29 is 4.79 Å². The van der Waals surface area contributed by atoms with Crippen LogP contribution in [0, 0.1) is 0 Å². The molecule has 3 nitrogen and oxygen atoms in total. The summed E-state index contributed by atoms with van der Waals surface area (Å²) in [5.74, 6) is 0.731. The molecule has 17 heavy (non-hydrogen) atoms. The van der Waals surface area contributed by atoms with Crippen molar-refractivity contribution in [3.8, 4) is 0 Å². The van der Waals surface area contributed by atoms with Gasteiger partial charge in [-0.25, -0.2) is 0 Å². The minimum absolute atomic E-state index is 0.111. The maximum atomic E-state index is 11.6. The fourth-order valence-corrected chi connectivity index (χ4v) is 3.88. The van der Waals surface area contributed by atoms with Crippen LogP contribution in [0.1, 0.15) is 53.8 Å². The van der Waals surface area contributed by atoms with Crippen LogP contribution in [0.2, 0.25) is 0 Å². The molecule has 0 bridgehead atoms. The van der Waals surface area contributed by atoms with Gasteiger partial charge in [0.15, 0.2) is 5.78 Å². The molecule has 0 amide bonds. The summed E-state index contributed by atoms with van der Waals surface area (Å²) in [6, 6.07) is 0. The average Bonchev–Trinajstić information content (AvgIpc) is 2.86. The Morgan fingerprint density at radius 1 is 1.35 bits per heavy atom. The number of ketones is 1. The van der Waals surface area contributed by atoms with Crippen LogP contribution in [0.5, 0.6) is 0 Å². The topological polar surface area (TPSA) is 46.3 Å². The van der Waals surface area contributed by atoms with Crippen LogP contribution >= 0.6 is 11.3 Å². The number of hydrogen-bond donors (Lipinski definition) is 1. The minimum atomic E-state index is 0.111. The fraction of sp³-hybridized carbons (Fsp3) is 0.615. The Kier molecular flexibility index (Phi) is 2.62. The molecule has 1 saturated carbocycles. The third-order valence-electron chi connectivity index (χ3n) is 3.66. The summed E-state index contributed by atoms with van der Waals surface area (Å²) >= 11 is 1.61. The highest BCUT2D eigenvalue weighted by Gasteiger charge is 2.34. The van der Waals surface area contributed by atoms with E-state index in [9.17, 15) is 4.79 Å². The molecule has 2 fully saturated rings. The lowest BCUT2D eigenvalue weighted by Crippen LogP contribution is -2.17. The molecule has 1 aromatic rings. The zero-order valence-electron chi connectivity index (χ0n) is 10.2. The first-order valence-corrected chi connectivity index (χ1v) is 7.18. The van der Waals surface area contributed by atoms with Gasteiger partial charge < -0.3 is 10.6 Å². The standard InChI is InChI=1S/C13H18N2OS/c1-8(16)12-11(14)10(9-4-5-9)13(17-12)15-6-2-3-7-15/h9H,2-7,14H2,1H3. The van der Waals surface area contributed by atoms with E-state index in [1.54, 1.807) is 18.3 Å². The van der Waals surface area contributed by atoms with Crippen LogP contribution in [-0.4, -0.2) is 18.9 Å². The molecular formula is C13H18N2OS. The normalized spacial score (nSPS) is 19.9. The van der Waals surface area contributed by atoms with E-state index in [0.717, 1.165) is 23.7 Å². The molecule has 2 heterocycles. The quantitative estimate of drug-likeness (QED) is 0.839. The second kappa shape index (κ2) is 4.02. The van der Waals surface area contributed by atoms with Crippen molar-refractivity contribution in [3.05, 3.63) is 10.4 Å². The molecule has 0 aromatic carbocycles. The van der Waals surface area contributed by atoms with Crippen molar-refractivity contribution in [2.75, 3.05) is 23.7 Å². The Morgan fingerprint density at radius 3 is 2.53 bits per heavy atom. The van der Waals surface area contributed by atoms with E-state index >= 15 is 0 Å². The summed E-state index contributed by atoms with van der Waals surface area (Å²) in [6.45, 7) is 3.86. The lowest BCUT2D eigenvalue weighted by atomic mass is 10.1. The first-order chi connectivity index (χ1) is 8.18. The molecule has 1 saturated heterocycles. The monoisotopic (exact) mass is 250 g/mol. The van der Waals surface area contributed by atoms with Gasteiger partial charge in [0.05, 0.1) is 15.6 Å². The van der Waals surface area contributed by atoms with E-state index in [2.05, 4.69) is 4.90 Å². The van der Waals surface area contributed by atoms with Gasteiger partial charge in [0.2, 0.25) is 0 Å². The Hall–Kier alpha value is -1.03. The molecule has 0 unspecified atom stereocenters. The largest absolute Gasteiger partial charge is 0.397 e. The number of Topliss-reactive ketones (excluding diaryl/α,β-unsaturated/α-hetero) is 1. The van der Waals surface area contributed by atoms with Crippen LogP contribution in [0.3, 0.4) is 0 Å².